The maximum absolute atomic E-state index is 13.0. The topological polar surface area (TPSA) is 72.7 Å². The third-order valence-electron chi connectivity index (χ3n) is 3.92. The van der Waals surface area contributed by atoms with Gasteiger partial charge in [-0.2, -0.15) is 13.2 Å². The second-order valence-electron chi connectivity index (χ2n) is 5.75. The summed E-state index contributed by atoms with van der Waals surface area (Å²) in [7, 11) is 1.29. The van der Waals surface area contributed by atoms with Crippen molar-refractivity contribution in [1.29, 1.82) is 0 Å². The van der Waals surface area contributed by atoms with Crippen LogP contribution in [0.2, 0.25) is 0 Å². The minimum absolute atomic E-state index is 0.00793. The third-order valence-corrected chi connectivity index (χ3v) is 5.22. The normalized spacial score (nSPS) is 15.9. The molecule has 0 bridgehead atoms. The van der Waals surface area contributed by atoms with Gasteiger partial charge >= 0.3 is 11.9 Å². The zero-order chi connectivity index (χ0) is 21.3. The van der Waals surface area contributed by atoms with Crippen LogP contribution in [0.5, 0.6) is 5.75 Å². The molecule has 0 atom stereocenters. The van der Waals surface area contributed by atoms with E-state index in [9.17, 15) is 28.1 Å². The van der Waals surface area contributed by atoms with Crippen molar-refractivity contribution in [2.45, 2.75) is 6.18 Å². The Balaban J connectivity index is 1.96. The molecular formula is C18H11F3N2O4S2. The number of thiocarbonyl (C=S) groups is 1. The van der Waals surface area contributed by atoms with Crippen LogP contribution < -0.4 is 9.64 Å². The fourth-order valence-corrected chi connectivity index (χ4v) is 3.90. The van der Waals surface area contributed by atoms with Crippen LogP contribution in [-0.4, -0.2) is 22.3 Å². The molecule has 0 aliphatic carbocycles. The lowest BCUT2D eigenvalue weighted by Crippen LogP contribution is -2.27. The summed E-state index contributed by atoms with van der Waals surface area (Å²) in [6, 6.07) is 8.41. The second-order valence-corrected chi connectivity index (χ2v) is 7.43. The summed E-state index contributed by atoms with van der Waals surface area (Å²) in [6.45, 7) is 0. The van der Waals surface area contributed by atoms with Crippen molar-refractivity contribution in [1.82, 2.24) is 0 Å². The van der Waals surface area contributed by atoms with Crippen molar-refractivity contribution in [3.8, 4) is 5.75 Å². The maximum Gasteiger partial charge on any atom is 0.416 e. The van der Waals surface area contributed by atoms with Gasteiger partial charge in [-0.25, -0.2) is 0 Å². The predicted molar refractivity (Wildman–Crippen MR) is 107 cm³/mol. The van der Waals surface area contributed by atoms with Crippen molar-refractivity contribution in [2.75, 3.05) is 12.0 Å². The highest BCUT2D eigenvalue weighted by molar-refractivity contribution is 8.27. The van der Waals surface area contributed by atoms with E-state index in [1.54, 1.807) is 0 Å². The van der Waals surface area contributed by atoms with E-state index >= 15 is 0 Å². The van der Waals surface area contributed by atoms with Crippen LogP contribution in [0.25, 0.3) is 6.08 Å². The van der Waals surface area contributed by atoms with Crippen molar-refractivity contribution >= 4 is 51.7 Å². The monoisotopic (exact) mass is 440 g/mol. The fraction of sp³-hybridized carbons (Fsp3) is 0.111. The van der Waals surface area contributed by atoms with Crippen molar-refractivity contribution < 1.29 is 27.6 Å². The molecule has 2 aromatic carbocycles. The number of anilines is 1. The fourth-order valence-electron chi connectivity index (χ4n) is 2.60. The average Bonchev–Trinajstić information content (AvgIpc) is 2.94. The van der Waals surface area contributed by atoms with Gasteiger partial charge in [-0.1, -0.05) is 36.1 Å². The number of nitro groups is 1. The van der Waals surface area contributed by atoms with Gasteiger partial charge in [-0.15, -0.1) is 0 Å². The van der Waals surface area contributed by atoms with E-state index in [0.29, 0.717) is 5.56 Å². The molecule has 0 aromatic heterocycles. The number of amides is 1. The SMILES string of the molecule is COc1ccc(/C=C2/SC(=S)N(c3cccc(C(F)(F)F)c3)C2=O)cc1[N+](=O)[O-]. The van der Waals surface area contributed by atoms with E-state index in [1.807, 2.05) is 0 Å². The number of nitro benzene ring substituents is 1. The molecule has 1 amide bonds. The van der Waals surface area contributed by atoms with Crippen LogP contribution in [0.15, 0.2) is 47.4 Å². The highest BCUT2D eigenvalue weighted by Crippen LogP contribution is 2.39. The van der Waals surface area contributed by atoms with E-state index in [1.165, 1.54) is 43.5 Å². The summed E-state index contributed by atoms with van der Waals surface area (Å²) in [5.74, 6) is -0.554. The largest absolute Gasteiger partial charge is 0.490 e. The molecule has 1 aliphatic rings. The lowest BCUT2D eigenvalue weighted by Gasteiger charge is -2.16. The molecule has 0 spiro atoms. The van der Waals surface area contributed by atoms with E-state index in [4.69, 9.17) is 17.0 Å². The molecule has 0 radical (unpaired) electrons. The zero-order valence-corrected chi connectivity index (χ0v) is 16.2. The van der Waals surface area contributed by atoms with Gasteiger partial charge in [0.2, 0.25) is 0 Å². The second kappa shape index (κ2) is 7.84. The lowest BCUT2D eigenvalue weighted by molar-refractivity contribution is -0.385. The lowest BCUT2D eigenvalue weighted by atomic mass is 10.1. The summed E-state index contributed by atoms with van der Waals surface area (Å²) in [5.41, 5.74) is -0.845. The van der Waals surface area contributed by atoms with E-state index in [2.05, 4.69) is 0 Å². The Morgan fingerprint density at radius 3 is 2.59 bits per heavy atom. The molecule has 2 aromatic rings. The number of carbonyl (C=O) groups is 1. The van der Waals surface area contributed by atoms with Crippen molar-refractivity contribution in [2.24, 2.45) is 0 Å². The molecular weight excluding hydrogens is 429 g/mol. The first-order chi connectivity index (χ1) is 13.6. The molecule has 29 heavy (non-hydrogen) atoms. The Hall–Kier alpha value is -2.92. The van der Waals surface area contributed by atoms with Crippen LogP contribution in [-0.2, 0) is 11.0 Å². The van der Waals surface area contributed by atoms with Crippen LogP contribution in [0, 0.1) is 10.1 Å². The molecule has 0 saturated carbocycles. The van der Waals surface area contributed by atoms with Gasteiger partial charge < -0.3 is 4.74 Å². The molecule has 11 heteroatoms. The number of nitrogens with zero attached hydrogens (tertiary/aromatic N) is 2. The minimum atomic E-state index is -4.56. The first-order valence-corrected chi connectivity index (χ1v) is 9.12. The Kier molecular flexibility index (Phi) is 5.62. The van der Waals surface area contributed by atoms with Crippen LogP contribution >= 0.6 is 24.0 Å². The Morgan fingerprint density at radius 1 is 1.24 bits per heavy atom. The van der Waals surface area contributed by atoms with Gasteiger partial charge in [0.25, 0.3) is 5.91 Å². The number of hydrogen-bond acceptors (Lipinski definition) is 6. The molecule has 3 rings (SSSR count). The van der Waals surface area contributed by atoms with Crippen LogP contribution in [0.4, 0.5) is 24.5 Å². The molecule has 0 unspecified atom stereocenters. The number of hydrogen-bond donors (Lipinski definition) is 0. The minimum Gasteiger partial charge on any atom is -0.490 e. The first kappa shape index (κ1) is 20.8. The number of benzene rings is 2. The van der Waals surface area contributed by atoms with Gasteiger partial charge in [-0.05, 0) is 35.9 Å². The van der Waals surface area contributed by atoms with Gasteiger partial charge in [-0.3, -0.25) is 19.8 Å². The number of thioether (sulfide) groups is 1. The molecule has 6 nitrogen and oxygen atoms in total. The standard InChI is InChI=1S/C18H11F3N2O4S2/c1-27-14-6-5-10(7-13(14)23(25)26)8-15-16(24)22(17(28)29-15)12-4-2-3-11(9-12)18(19,20)21/h2-9H,1H3/b15-8+. The molecule has 150 valence electrons. The number of rotatable bonds is 4. The van der Waals surface area contributed by atoms with E-state index in [-0.39, 0.29) is 26.3 Å². The highest BCUT2D eigenvalue weighted by Gasteiger charge is 2.36. The average molecular weight is 440 g/mol. The maximum atomic E-state index is 13.0. The highest BCUT2D eigenvalue weighted by atomic mass is 32.2. The molecule has 1 aliphatic heterocycles. The summed E-state index contributed by atoms with van der Waals surface area (Å²) < 4.78 is 43.9. The third kappa shape index (κ3) is 4.25. The smallest absolute Gasteiger partial charge is 0.416 e. The Bertz CT molecular complexity index is 1050. The van der Waals surface area contributed by atoms with Crippen molar-refractivity contribution in [3.63, 3.8) is 0 Å². The Morgan fingerprint density at radius 2 is 1.97 bits per heavy atom. The summed E-state index contributed by atoms with van der Waals surface area (Å²) in [5, 5.41) is 11.1. The molecule has 1 fully saturated rings. The summed E-state index contributed by atoms with van der Waals surface area (Å²) in [4.78, 5) is 24.4. The van der Waals surface area contributed by atoms with E-state index in [0.717, 1.165) is 28.8 Å². The van der Waals surface area contributed by atoms with Gasteiger partial charge in [0.05, 0.1) is 28.2 Å². The van der Waals surface area contributed by atoms with Crippen LogP contribution in [0.1, 0.15) is 11.1 Å². The van der Waals surface area contributed by atoms with Gasteiger partial charge in [0.15, 0.2) is 10.1 Å². The van der Waals surface area contributed by atoms with Crippen molar-refractivity contribution in [3.05, 3.63) is 68.6 Å². The number of halogens is 3. The summed E-state index contributed by atoms with van der Waals surface area (Å²) in [6.07, 6.45) is -3.17. The first-order valence-electron chi connectivity index (χ1n) is 7.89. The van der Waals surface area contributed by atoms with Gasteiger partial charge in [0, 0.05) is 6.07 Å². The van der Waals surface area contributed by atoms with E-state index < -0.39 is 22.6 Å². The Labute approximate surface area is 172 Å². The molecule has 1 saturated heterocycles. The van der Waals surface area contributed by atoms with Crippen LogP contribution in [0.3, 0.4) is 0 Å². The summed E-state index contributed by atoms with van der Waals surface area (Å²) >= 11 is 6.05. The number of methoxy groups -OCH3 is 1. The number of alkyl halides is 3. The molecule has 0 N–H and O–H groups in total. The van der Waals surface area contributed by atoms with Gasteiger partial charge in [0.1, 0.15) is 0 Å². The molecule has 1 heterocycles. The quantitative estimate of drug-likeness (QED) is 0.287. The number of carbonyl (C=O) groups excluding carboxylic acids is 1. The number of ether oxygens (including phenoxy) is 1. The zero-order valence-electron chi connectivity index (χ0n) is 14.6. The predicted octanol–water partition coefficient (Wildman–Crippen LogP) is 5.03.